The molecule has 0 aliphatic rings. The fraction of sp³-hybridized carbons (Fsp3) is 1.00. The average molecular weight is 239 g/mol. The molecule has 0 aromatic heterocycles. The number of hydrogen-bond donors (Lipinski definition) is 2. The standard InChI is InChI=1S/CH5N.CH4O8S2/c1-2;1-7-11(5,6)9-8-10(2,3)4/h2H2,1H3;1H3,(H,2,3,4). The lowest BCUT2D eigenvalue weighted by Crippen LogP contribution is -2.12. The molecule has 0 saturated heterocycles. The zero-order valence-electron chi connectivity index (χ0n) is 6.70. The lowest BCUT2D eigenvalue weighted by atomic mass is 11.6. The molecular formula is C2H9NO8S2. The van der Waals surface area contributed by atoms with Crippen LogP contribution >= 0.6 is 0 Å². The van der Waals surface area contributed by atoms with Crippen molar-refractivity contribution in [2.24, 2.45) is 5.73 Å². The minimum absolute atomic E-state index is 0.711. The van der Waals surface area contributed by atoms with Crippen LogP contribution in [-0.2, 0) is 33.6 Å². The first-order chi connectivity index (χ1) is 5.77. The molecule has 9 nitrogen and oxygen atoms in total. The summed E-state index contributed by atoms with van der Waals surface area (Å²) in [5, 5.41) is 0. The molecule has 0 saturated carbocycles. The molecule has 0 aromatic carbocycles. The number of rotatable bonds is 4. The molecule has 0 unspecified atom stereocenters. The molecular weight excluding hydrogens is 230 g/mol. The SMILES string of the molecule is CN.COS(=O)(=O)OOS(=O)(=O)O. The van der Waals surface area contributed by atoms with Crippen molar-refractivity contribution in [1.29, 1.82) is 0 Å². The Balaban J connectivity index is 0. The van der Waals surface area contributed by atoms with E-state index in [4.69, 9.17) is 4.55 Å². The van der Waals surface area contributed by atoms with Crippen LogP contribution in [0.3, 0.4) is 0 Å². The van der Waals surface area contributed by atoms with Gasteiger partial charge in [0.1, 0.15) is 0 Å². The van der Waals surface area contributed by atoms with E-state index in [9.17, 15) is 16.8 Å². The molecule has 0 heterocycles. The molecule has 0 aliphatic heterocycles. The molecule has 3 N–H and O–H groups in total. The summed E-state index contributed by atoms with van der Waals surface area (Å²) < 4.78 is 57.1. The van der Waals surface area contributed by atoms with E-state index in [1.54, 1.807) is 0 Å². The molecule has 0 aliphatic carbocycles. The van der Waals surface area contributed by atoms with Gasteiger partial charge in [-0.15, -0.1) is 0 Å². The molecule has 0 radical (unpaired) electrons. The second-order valence-electron chi connectivity index (χ2n) is 1.14. The van der Waals surface area contributed by atoms with Gasteiger partial charge >= 0.3 is 20.8 Å². The Kier molecular flexibility index (Phi) is 7.24. The van der Waals surface area contributed by atoms with Gasteiger partial charge in [0.15, 0.2) is 0 Å². The normalized spacial score (nSPS) is 11.7. The van der Waals surface area contributed by atoms with Crippen molar-refractivity contribution in [3.63, 3.8) is 0 Å². The van der Waals surface area contributed by atoms with Crippen LogP contribution in [0.5, 0.6) is 0 Å². The molecule has 0 fully saturated rings. The molecule has 82 valence electrons. The summed E-state index contributed by atoms with van der Waals surface area (Å²) in [4.78, 5) is 0. The summed E-state index contributed by atoms with van der Waals surface area (Å²) in [6.45, 7) is 0. The van der Waals surface area contributed by atoms with Gasteiger partial charge in [0.05, 0.1) is 7.11 Å². The smallest absolute Gasteiger partial charge is 0.333 e. The number of nitrogens with two attached hydrogens (primary N) is 1. The van der Waals surface area contributed by atoms with Crippen LogP contribution in [0.1, 0.15) is 0 Å². The van der Waals surface area contributed by atoms with Gasteiger partial charge in [-0.2, -0.15) is 16.8 Å². The van der Waals surface area contributed by atoms with Crippen LogP contribution < -0.4 is 5.73 Å². The second kappa shape index (κ2) is 6.20. The lowest BCUT2D eigenvalue weighted by Gasteiger charge is -1.96. The fourth-order valence-electron chi connectivity index (χ4n) is 0.0969. The summed E-state index contributed by atoms with van der Waals surface area (Å²) in [6.07, 6.45) is 0. The van der Waals surface area contributed by atoms with Gasteiger partial charge in [-0.1, -0.05) is 8.67 Å². The summed E-state index contributed by atoms with van der Waals surface area (Å²) in [5.41, 5.74) is 4.50. The van der Waals surface area contributed by atoms with Crippen LogP contribution in [0.4, 0.5) is 0 Å². The van der Waals surface area contributed by atoms with Crippen molar-refractivity contribution in [2.75, 3.05) is 14.2 Å². The predicted octanol–water partition coefficient (Wildman–Crippen LogP) is -1.80. The van der Waals surface area contributed by atoms with E-state index in [0.29, 0.717) is 7.11 Å². The van der Waals surface area contributed by atoms with Gasteiger partial charge < -0.3 is 5.73 Å². The quantitative estimate of drug-likeness (QED) is 0.330. The maximum atomic E-state index is 10.1. The van der Waals surface area contributed by atoms with Gasteiger partial charge in [0.25, 0.3) is 0 Å². The third-order valence-corrected chi connectivity index (χ3v) is 1.37. The molecule has 0 atom stereocenters. The van der Waals surface area contributed by atoms with Crippen LogP contribution in [0.15, 0.2) is 0 Å². The van der Waals surface area contributed by atoms with Crippen LogP contribution in [-0.4, -0.2) is 35.5 Å². The van der Waals surface area contributed by atoms with E-state index in [0.717, 1.165) is 0 Å². The molecule has 13 heavy (non-hydrogen) atoms. The van der Waals surface area contributed by atoms with E-state index < -0.39 is 20.8 Å². The monoisotopic (exact) mass is 239 g/mol. The minimum Gasteiger partial charge on any atom is -0.333 e. The minimum atomic E-state index is -4.95. The van der Waals surface area contributed by atoms with Crippen molar-refractivity contribution in [3.05, 3.63) is 0 Å². The Morgan fingerprint density at radius 3 is 1.69 bits per heavy atom. The third kappa shape index (κ3) is 11.7. The summed E-state index contributed by atoms with van der Waals surface area (Å²) in [5.74, 6) is 0. The van der Waals surface area contributed by atoms with E-state index in [-0.39, 0.29) is 0 Å². The highest BCUT2D eigenvalue weighted by atomic mass is 32.3. The maximum Gasteiger partial charge on any atom is 0.427 e. The van der Waals surface area contributed by atoms with E-state index >= 15 is 0 Å². The van der Waals surface area contributed by atoms with Crippen LogP contribution in [0.2, 0.25) is 0 Å². The first kappa shape index (κ1) is 15.2. The molecule has 0 spiro atoms. The first-order valence-corrected chi connectivity index (χ1v) is 5.20. The number of hydrogen-bond acceptors (Lipinski definition) is 8. The van der Waals surface area contributed by atoms with Gasteiger partial charge in [-0.05, 0) is 7.05 Å². The Hall–Kier alpha value is -0.300. The summed E-state index contributed by atoms with van der Waals surface area (Å²) in [6, 6.07) is 0. The largest absolute Gasteiger partial charge is 0.427 e. The van der Waals surface area contributed by atoms with Crippen LogP contribution in [0.25, 0.3) is 0 Å². The summed E-state index contributed by atoms with van der Waals surface area (Å²) in [7, 11) is -7.25. The van der Waals surface area contributed by atoms with E-state index in [1.807, 2.05) is 0 Å². The van der Waals surface area contributed by atoms with Crippen LogP contribution in [0, 0.1) is 0 Å². The topological polar surface area (TPSA) is 142 Å². The first-order valence-electron chi connectivity index (χ1n) is 2.50. The molecule has 0 aromatic rings. The predicted molar refractivity (Wildman–Crippen MR) is 39.8 cm³/mol. The molecule has 0 rings (SSSR count). The van der Waals surface area contributed by atoms with Crippen molar-refractivity contribution >= 4 is 20.8 Å². The summed E-state index contributed by atoms with van der Waals surface area (Å²) >= 11 is 0. The Morgan fingerprint density at radius 1 is 1.08 bits per heavy atom. The Bertz CT molecular complexity index is 301. The van der Waals surface area contributed by atoms with Gasteiger partial charge in [0, 0.05) is 0 Å². The molecule has 0 amide bonds. The zero-order valence-corrected chi connectivity index (χ0v) is 8.33. The van der Waals surface area contributed by atoms with Gasteiger partial charge in [-0.25, -0.2) is 4.18 Å². The van der Waals surface area contributed by atoms with Crippen molar-refractivity contribution in [2.45, 2.75) is 0 Å². The Labute approximate surface area is 75.6 Å². The highest BCUT2D eigenvalue weighted by Gasteiger charge is 2.16. The Morgan fingerprint density at radius 2 is 1.46 bits per heavy atom. The lowest BCUT2D eigenvalue weighted by molar-refractivity contribution is -0.107. The van der Waals surface area contributed by atoms with Crippen molar-refractivity contribution in [3.8, 4) is 0 Å². The van der Waals surface area contributed by atoms with E-state index in [2.05, 4.69) is 18.6 Å². The second-order valence-corrected chi connectivity index (χ2v) is 3.42. The molecule has 0 bridgehead atoms. The zero-order chi connectivity index (χ0) is 11.1. The van der Waals surface area contributed by atoms with Crippen molar-refractivity contribution in [1.82, 2.24) is 0 Å². The van der Waals surface area contributed by atoms with Gasteiger partial charge in [0.2, 0.25) is 0 Å². The van der Waals surface area contributed by atoms with Crippen molar-refractivity contribution < 1.29 is 34.2 Å². The maximum absolute atomic E-state index is 10.1. The fourth-order valence-corrected chi connectivity index (χ4v) is 0.705. The average Bonchev–Trinajstić information content (AvgIpc) is 2.04. The van der Waals surface area contributed by atoms with E-state index in [1.165, 1.54) is 7.05 Å². The third-order valence-electron chi connectivity index (χ3n) is 0.401. The molecule has 11 heteroatoms. The highest BCUT2D eigenvalue weighted by molar-refractivity contribution is 7.83. The van der Waals surface area contributed by atoms with Gasteiger partial charge in [-0.3, -0.25) is 4.55 Å². The highest BCUT2D eigenvalue weighted by Crippen LogP contribution is 1.97.